The number of nitrogens with zero attached hydrogens (tertiary/aromatic N) is 1. The molecule has 1 aliphatic carbocycles. The molecule has 0 aliphatic heterocycles. The number of benzene rings is 2. The number of ether oxygens (including phenoxy) is 1. The van der Waals surface area contributed by atoms with Crippen LogP contribution in [0.4, 0.5) is 0 Å². The first kappa shape index (κ1) is 30.3. The van der Waals surface area contributed by atoms with Gasteiger partial charge in [0.1, 0.15) is 5.75 Å². The minimum atomic E-state index is 0.130. The van der Waals surface area contributed by atoms with Gasteiger partial charge in [-0.05, 0) is 66.3 Å². The van der Waals surface area contributed by atoms with Crippen molar-refractivity contribution < 1.29 is 4.74 Å². The average molecular weight is 516 g/mol. The molecule has 0 saturated heterocycles. The van der Waals surface area contributed by atoms with Crippen LogP contribution < -0.4 is 4.74 Å². The molecule has 0 N–H and O–H groups in total. The molecule has 1 aliphatic rings. The van der Waals surface area contributed by atoms with Crippen molar-refractivity contribution in [3.8, 4) is 22.9 Å². The van der Waals surface area contributed by atoms with Gasteiger partial charge in [-0.1, -0.05) is 134 Å². The molecule has 2 aromatic carbocycles. The maximum Gasteiger partial charge on any atom is 0.119 e. The second-order valence-corrected chi connectivity index (χ2v) is 11.8. The molecular weight excluding hydrogens is 462 g/mol. The van der Waals surface area contributed by atoms with E-state index in [-0.39, 0.29) is 5.92 Å². The number of unbranched alkanes of at least 4 members (excludes halogenated alkanes) is 7. The smallest absolute Gasteiger partial charge is 0.119 e. The third-order valence-corrected chi connectivity index (χ3v) is 8.68. The van der Waals surface area contributed by atoms with Crippen LogP contribution in [0, 0.1) is 29.1 Å². The van der Waals surface area contributed by atoms with Crippen molar-refractivity contribution >= 4 is 0 Å². The van der Waals surface area contributed by atoms with Crippen LogP contribution in [0.5, 0.6) is 5.75 Å². The van der Waals surface area contributed by atoms with E-state index in [0.717, 1.165) is 43.5 Å². The zero-order valence-corrected chi connectivity index (χ0v) is 24.4. The lowest BCUT2D eigenvalue weighted by Crippen LogP contribution is -2.16. The number of hydrogen-bond donors (Lipinski definition) is 0. The summed E-state index contributed by atoms with van der Waals surface area (Å²) in [6, 6.07) is 19.9. The molecule has 2 aromatic rings. The van der Waals surface area contributed by atoms with E-state index in [4.69, 9.17) is 4.74 Å². The standard InChI is InChI=1S/C36H53NO/c1-3-5-7-9-10-12-30-13-15-31(16-14-30)17-18-33(29-37)28-32-19-21-34(22-20-32)35-23-25-36(26-24-35)38-27-11-8-6-4-2/h19-26,30-31,33H,3-18,27-28H2,1-2H3. The topological polar surface area (TPSA) is 33.0 Å². The van der Waals surface area contributed by atoms with Crippen molar-refractivity contribution in [2.24, 2.45) is 17.8 Å². The SMILES string of the molecule is CCCCCCCC1CCC(CCC(C#N)Cc2ccc(-c3ccc(OCCCCCC)cc3)cc2)CC1. The van der Waals surface area contributed by atoms with Crippen LogP contribution in [0.2, 0.25) is 0 Å². The zero-order valence-electron chi connectivity index (χ0n) is 24.4. The van der Waals surface area contributed by atoms with Crippen LogP contribution in [0.1, 0.15) is 122 Å². The second kappa shape index (κ2) is 18.1. The Morgan fingerprint density at radius 3 is 1.87 bits per heavy atom. The number of rotatable bonds is 18. The van der Waals surface area contributed by atoms with E-state index in [2.05, 4.69) is 68.4 Å². The van der Waals surface area contributed by atoms with E-state index in [1.165, 1.54) is 107 Å². The highest BCUT2D eigenvalue weighted by Crippen LogP contribution is 2.35. The summed E-state index contributed by atoms with van der Waals surface area (Å²) < 4.78 is 5.89. The van der Waals surface area contributed by atoms with Crippen molar-refractivity contribution in [3.63, 3.8) is 0 Å². The molecule has 0 radical (unpaired) electrons. The Morgan fingerprint density at radius 2 is 1.26 bits per heavy atom. The highest BCUT2D eigenvalue weighted by atomic mass is 16.5. The molecular formula is C36H53NO. The van der Waals surface area contributed by atoms with Crippen molar-refractivity contribution in [1.82, 2.24) is 0 Å². The third kappa shape index (κ3) is 11.2. The Kier molecular flexibility index (Phi) is 14.4. The average Bonchev–Trinajstić information content (AvgIpc) is 2.96. The lowest BCUT2D eigenvalue weighted by molar-refractivity contribution is 0.241. The number of nitriles is 1. The van der Waals surface area contributed by atoms with Gasteiger partial charge in [-0.2, -0.15) is 5.26 Å². The molecule has 0 heterocycles. The molecule has 0 bridgehead atoms. The molecule has 2 heteroatoms. The molecule has 0 amide bonds. The summed E-state index contributed by atoms with van der Waals surface area (Å²) in [4.78, 5) is 0. The van der Waals surface area contributed by atoms with E-state index in [9.17, 15) is 5.26 Å². The van der Waals surface area contributed by atoms with E-state index in [0.29, 0.717) is 0 Å². The van der Waals surface area contributed by atoms with Gasteiger partial charge in [0, 0.05) is 0 Å². The van der Waals surface area contributed by atoms with Crippen molar-refractivity contribution in [1.29, 1.82) is 5.26 Å². The minimum absolute atomic E-state index is 0.130. The molecule has 1 saturated carbocycles. The number of hydrogen-bond acceptors (Lipinski definition) is 2. The van der Waals surface area contributed by atoms with Gasteiger partial charge in [0.25, 0.3) is 0 Å². The fourth-order valence-corrected chi connectivity index (χ4v) is 6.07. The van der Waals surface area contributed by atoms with Gasteiger partial charge >= 0.3 is 0 Å². The molecule has 1 fully saturated rings. The predicted molar refractivity (Wildman–Crippen MR) is 162 cm³/mol. The van der Waals surface area contributed by atoms with Crippen LogP contribution in [-0.2, 0) is 6.42 Å². The summed E-state index contributed by atoms with van der Waals surface area (Å²) in [5.74, 6) is 2.89. The summed E-state index contributed by atoms with van der Waals surface area (Å²) in [6.45, 7) is 5.33. The van der Waals surface area contributed by atoms with Crippen LogP contribution in [0.15, 0.2) is 48.5 Å². The Balaban J connectivity index is 1.36. The second-order valence-electron chi connectivity index (χ2n) is 11.8. The fraction of sp³-hybridized carbons (Fsp3) is 0.639. The van der Waals surface area contributed by atoms with Crippen LogP contribution in [0.25, 0.3) is 11.1 Å². The van der Waals surface area contributed by atoms with E-state index >= 15 is 0 Å². The Bertz CT molecular complexity index is 902. The molecule has 38 heavy (non-hydrogen) atoms. The van der Waals surface area contributed by atoms with Gasteiger partial charge in [0.05, 0.1) is 18.6 Å². The quantitative estimate of drug-likeness (QED) is 0.185. The first-order valence-corrected chi connectivity index (χ1v) is 15.9. The maximum absolute atomic E-state index is 9.82. The zero-order chi connectivity index (χ0) is 26.8. The normalized spacial score (nSPS) is 18.1. The van der Waals surface area contributed by atoms with Gasteiger partial charge in [-0.25, -0.2) is 0 Å². The van der Waals surface area contributed by atoms with Gasteiger partial charge in [-0.15, -0.1) is 0 Å². The van der Waals surface area contributed by atoms with Crippen molar-refractivity contribution in [2.75, 3.05) is 6.61 Å². The summed E-state index contributed by atoms with van der Waals surface area (Å²) in [7, 11) is 0. The van der Waals surface area contributed by atoms with E-state index in [1.807, 2.05) is 0 Å². The predicted octanol–water partition coefficient (Wildman–Crippen LogP) is 10.9. The van der Waals surface area contributed by atoms with Crippen molar-refractivity contribution in [3.05, 3.63) is 54.1 Å². The van der Waals surface area contributed by atoms with Gasteiger partial charge in [0.2, 0.25) is 0 Å². The summed E-state index contributed by atoms with van der Waals surface area (Å²) in [5.41, 5.74) is 3.71. The first-order valence-electron chi connectivity index (χ1n) is 15.9. The lowest BCUT2D eigenvalue weighted by Gasteiger charge is -2.29. The summed E-state index contributed by atoms with van der Waals surface area (Å²) >= 11 is 0. The van der Waals surface area contributed by atoms with Crippen LogP contribution in [0.3, 0.4) is 0 Å². The first-order chi connectivity index (χ1) is 18.7. The van der Waals surface area contributed by atoms with Crippen LogP contribution >= 0.6 is 0 Å². The molecule has 3 rings (SSSR count). The summed E-state index contributed by atoms with van der Waals surface area (Å²) in [5, 5.41) is 9.82. The Morgan fingerprint density at radius 1 is 0.711 bits per heavy atom. The third-order valence-electron chi connectivity index (χ3n) is 8.68. The highest BCUT2D eigenvalue weighted by Gasteiger charge is 2.22. The summed E-state index contributed by atoms with van der Waals surface area (Å²) in [6.07, 6.45) is 22.1. The lowest BCUT2D eigenvalue weighted by atomic mass is 9.77. The molecule has 0 aromatic heterocycles. The molecule has 0 spiro atoms. The monoisotopic (exact) mass is 515 g/mol. The molecule has 1 atom stereocenters. The van der Waals surface area contributed by atoms with E-state index < -0.39 is 0 Å². The Hall–Kier alpha value is -2.27. The van der Waals surface area contributed by atoms with Crippen LogP contribution in [-0.4, -0.2) is 6.61 Å². The maximum atomic E-state index is 9.82. The highest BCUT2D eigenvalue weighted by molar-refractivity contribution is 5.64. The fourth-order valence-electron chi connectivity index (χ4n) is 6.07. The Labute approximate surface area is 234 Å². The molecule has 1 unspecified atom stereocenters. The van der Waals surface area contributed by atoms with Gasteiger partial charge < -0.3 is 4.74 Å². The van der Waals surface area contributed by atoms with Gasteiger partial charge in [0.15, 0.2) is 0 Å². The molecule has 2 nitrogen and oxygen atoms in total. The molecule has 208 valence electrons. The van der Waals surface area contributed by atoms with E-state index in [1.54, 1.807) is 0 Å². The van der Waals surface area contributed by atoms with Crippen molar-refractivity contribution in [2.45, 2.75) is 123 Å². The largest absolute Gasteiger partial charge is 0.494 e. The van der Waals surface area contributed by atoms with Gasteiger partial charge in [-0.3, -0.25) is 0 Å². The minimum Gasteiger partial charge on any atom is -0.494 e.